The van der Waals surface area contributed by atoms with Crippen LogP contribution in [0.1, 0.15) is 17.0 Å². The Hall–Kier alpha value is -3.15. The van der Waals surface area contributed by atoms with Crippen LogP contribution in [0.4, 0.5) is 0 Å². The van der Waals surface area contributed by atoms with Gasteiger partial charge in [0.1, 0.15) is 18.4 Å². The Balaban J connectivity index is 1.69. The number of carbonyl (C=O) groups excluding carboxylic acids is 1. The quantitative estimate of drug-likeness (QED) is 0.693. The maximum Gasteiger partial charge on any atom is 0.227 e. The predicted octanol–water partition coefficient (Wildman–Crippen LogP) is 2.13. The third-order valence-electron chi connectivity index (χ3n) is 4.00. The van der Waals surface area contributed by atoms with E-state index < -0.39 is 0 Å². The number of benzene rings is 2. The van der Waals surface area contributed by atoms with Gasteiger partial charge >= 0.3 is 0 Å². The van der Waals surface area contributed by atoms with Crippen LogP contribution < -0.4 is 5.32 Å². The van der Waals surface area contributed by atoms with E-state index in [0.717, 1.165) is 11.1 Å². The lowest BCUT2D eigenvalue weighted by Gasteiger charge is -2.17. The molecule has 1 unspecified atom stereocenters. The van der Waals surface area contributed by atoms with E-state index in [1.165, 1.54) is 6.33 Å². The number of hydrogen-bond acceptors (Lipinski definition) is 4. The molecular formula is C19H20N4O2. The summed E-state index contributed by atoms with van der Waals surface area (Å²) in [7, 11) is 0. The number of nitrogens with one attached hydrogen (secondary N) is 1. The Bertz CT molecular complexity index is 786. The van der Waals surface area contributed by atoms with Crippen LogP contribution in [0.15, 0.2) is 67.3 Å². The number of hydrogen-bond donors (Lipinski definition) is 2. The normalized spacial score (nSPS) is 11.8. The topological polar surface area (TPSA) is 80.0 Å². The van der Waals surface area contributed by atoms with Gasteiger partial charge in [-0.2, -0.15) is 5.10 Å². The highest BCUT2D eigenvalue weighted by atomic mass is 16.3. The molecule has 128 valence electrons. The van der Waals surface area contributed by atoms with Crippen LogP contribution in [0.3, 0.4) is 0 Å². The molecule has 0 radical (unpaired) electrons. The van der Waals surface area contributed by atoms with E-state index >= 15 is 0 Å². The maximum absolute atomic E-state index is 12.7. The van der Waals surface area contributed by atoms with Crippen LogP contribution in [0.2, 0.25) is 0 Å². The van der Waals surface area contributed by atoms with Gasteiger partial charge in [0, 0.05) is 6.54 Å². The molecular weight excluding hydrogens is 316 g/mol. The summed E-state index contributed by atoms with van der Waals surface area (Å²) in [5.41, 5.74) is 1.96. The average molecular weight is 336 g/mol. The molecule has 1 amide bonds. The van der Waals surface area contributed by atoms with Crippen LogP contribution in [-0.4, -0.2) is 32.3 Å². The summed E-state index contributed by atoms with van der Waals surface area (Å²) in [4.78, 5) is 16.6. The minimum atomic E-state index is -0.290. The molecule has 1 aromatic heterocycles. The van der Waals surface area contributed by atoms with Crippen LogP contribution >= 0.6 is 0 Å². The molecule has 0 saturated carbocycles. The lowest BCUT2D eigenvalue weighted by atomic mass is 9.91. The number of nitrogens with zero attached hydrogens (tertiary/aromatic N) is 3. The number of amides is 1. The number of phenols is 1. The molecule has 1 heterocycles. The van der Waals surface area contributed by atoms with Crippen molar-refractivity contribution in [3.63, 3.8) is 0 Å². The molecule has 0 fully saturated rings. The van der Waals surface area contributed by atoms with Gasteiger partial charge in [0.2, 0.25) is 5.91 Å². The summed E-state index contributed by atoms with van der Waals surface area (Å²) >= 11 is 0. The zero-order chi connectivity index (χ0) is 17.5. The summed E-state index contributed by atoms with van der Waals surface area (Å²) in [6.45, 7) is 1.06. The summed E-state index contributed by atoms with van der Waals surface area (Å²) < 4.78 is 1.68. The summed E-state index contributed by atoms with van der Waals surface area (Å²) in [5.74, 6) is -0.0989. The first kappa shape index (κ1) is 16.7. The van der Waals surface area contributed by atoms with Crippen molar-refractivity contribution in [2.45, 2.75) is 18.9 Å². The predicted molar refractivity (Wildman–Crippen MR) is 94.0 cm³/mol. The minimum absolute atomic E-state index is 0.0283. The number of aromatic hydroxyl groups is 1. The van der Waals surface area contributed by atoms with Gasteiger partial charge in [-0.3, -0.25) is 9.48 Å². The molecule has 0 aliphatic rings. The van der Waals surface area contributed by atoms with Crippen molar-refractivity contribution in [3.8, 4) is 5.75 Å². The minimum Gasteiger partial charge on any atom is -0.508 e. The fraction of sp³-hybridized carbons (Fsp3) is 0.211. The van der Waals surface area contributed by atoms with Crippen molar-refractivity contribution in [1.82, 2.24) is 20.1 Å². The molecule has 0 spiro atoms. The van der Waals surface area contributed by atoms with E-state index in [1.54, 1.807) is 23.1 Å². The molecule has 2 aromatic carbocycles. The molecule has 6 nitrogen and oxygen atoms in total. The molecule has 2 N–H and O–H groups in total. The van der Waals surface area contributed by atoms with Gasteiger partial charge in [-0.05, 0) is 29.7 Å². The average Bonchev–Trinajstić information content (AvgIpc) is 3.15. The number of carbonyl (C=O) groups is 1. The molecule has 25 heavy (non-hydrogen) atoms. The fourth-order valence-electron chi connectivity index (χ4n) is 2.68. The highest BCUT2D eigenvalue weighted by Crippen LogP contribution is 2.22. The molecule has 0 aliphatic carbocycles. The molecule has 0 saturated heterocycles. The maximum atomic E-state index is 12.7. The SMILES string of the molecule is O=C(NCCn1cncn1)C(Cc1ccc(O)cc1)c1ccccc1. The van der Waals surface area contributed by atoms with Crippen molar-refractivity contribution < 1.29 is 9.90 Å². The van der Waals surface area contributed by atoms with Crippen LogP contribution in [0, 0.1) is 0 Å². The Morgan fingerprint density at radius 1 is 1.12 bits per heavy atom. The van der Waals surface area contributed by atoms with Crippen molar-refractivity contribution in [1.29, 1.82) is 0 Å². The number of aromatic nitrogens is 3. The zero-order valence-electron chi connectivity index (χ0n) is 13.7. The van der Waals surface area contributed by atoms with E-state index in [4.69, 9.17) is 0 Å². The molecule has 6 heteroatoms. The first-order valence-corrected chi connectivity index (χ1v) is 8.15. The second-order valence-electron chi connectivity index (χ2n) is 5.78. The number of phenolic OH excluding ortho intramolecular Hbond substituents is 1. The Morgan fingerprint density at radius 2 is 1.88 bits per heavy atom. The van der Waals surface area contributed by atoms with Crippen molar-refractivity contribution in [2.24, 2.45) is 0 Å². The molecule has 0 aliphatic heterocycles. The van der Waals surface area contributed by atoms with Crippen molar-refractivity contribution in [2.75, 3.05) is 6.54 Å². The van der Waals surface area contributed by atoms with E-state index in [9.17, 15) is 9.90 Å². The zero-order valence-corrected chi connectivity index (χ0v) is 13.7. The van der Waals surface area contributed by atoms with E-state index in [1.807, 2.05) is 42.5 Å². The van der Waals surface area contributed by atoms with E-state index in [0.29, 0.717) is 19.5 Å². The molecule has 3 rings (SSSR count). The smallest absolute Gasteiger partial charge is 0.227 e. The van der Waals surface area contributed by atoms with Crippen LogP contribution in [0.5, 0.6) is 5.75 Å². The van der Waals surface area contributed by atoms with Gasteiger partial charge in [0.15, 0.2) is 0 Å². The highest BCUT2D eigenvalue weighted by molar-refractivity contribution is 5.84. The second-order valence-corrected chi connectivity index (χ2v) is 5.78. The monoisotopic (exact) mass is 336 g/mol. The fourth-order valence-corrected chi connectivity index (χ4v) is 2.68. The number of rotatable bonds is 7. The van der Waals surface area contributed by atoms with E-state index in [-0.39, 0.29) is 17.6 Å². The van der Waals surface area contributed by atoms with Gasteiger partial charge in [-0.25, -0.2) is 4.98 Å². The van der Waals surface area contributed by atoms with Gasteiger partial charge in [0.05, 0.1) is 12.5 Å². The van der Waals surface area contributed by atoms with Gasteiger partial charge in [-0.15, -0.1) is 0 Å². The first-order valence-electron chi connectivity index (χ1n) is 8.15. The highest BCUT2D eigenvalue weighted by Gasteiger charge is 2.20. The third kappa shape index (κ3) is 4.67. The first-order chi connectivity index (χ1) is 12.2. The third-order valence-corrected chi connectivity index (χ3v) is 4.00. The Morgan fingerprint density at radius 3 is 2.56 bits per heavy atom. The lowest BCUT2D eigenvalue weighted by Crippen LogP contribution is -2.33. The van der Waals surface area contributed by atoms with Crippen LogP contribution in [0.25, 0.3) is 0 Å². The Kier molecular flexibility index (Phi) is 5.41. The van der Waals surface area contributed by atoms with Crippen molar-refractivity contribution in [3.05, 3.63) is 78.4 Å². The summed E-state index contributed by atoms with van der Waals surface area (Å²) in [5, 5.41) is 16.4. The summed E-state index contributed by atoms with van der Waals surface area (Å²) in [6, 6.07) is 16.7. The van der Waals surface area contributed by atoms with Gasteiger partial charge < -0.3 is 10.4 Å². The Labute approximate surface area is 146 Å². The molecule has 3 aromatic rings. The lowest BCUT2D eigenvalue weighted by molar-refractivity contribution is -0.122. The summed E-state index contributed by atoms with van der Waals surface area (Å²) in [6.07, 6.45) is 3.66. The largest absolute Gasteiger partial charge is 0.508 e. The van der Waals surface area contributed by atoms with Gasteiger partial charge in [0.25, 0.3) is 0 Å². The molecule has 1 atom stereocenters. The second kappa shape index (κ2) is 8.10. The van der Waals surface area contributed by atoms with Gasteiger partial charge in [-0.1, -0.05) is 42.5 Å². The van der Waals surface area contributed by atoms with Crippen molar-refractivity contribution >= 4 is 5.91 Å². The molecule has 0 bridgehead atoms. The van der Waals surface area contributed by atoms with E-state index in [2.05, 4.69) is 15.4 Å². The standard InChI is InChI=1S/C19H20N4O2/c24-17-8-6-15(7-9-17)12-18(16-4-2-1-3-5-16)19(25)21-10-11-23-14-20-13-22-23/h1-9,13-14,18,24H,10-12H2,(H,21,25). The van der Waals surface area contributed by atoms with Crippen LogP contribution in [-0.2, 0) is 17.8 Å².